The molecule has 6 nitrogen and oxygen atoms in total. The summed E-state index contributed by atoms with van der Waals surface area (Å²) in [5, 5.41) is 6.38. The molecule has 2 aromatic rings. The Hall–Kier alpha value is -1.15. The molecule has 0 spiro atoms. The molecule has 2 aliphatic rings. The van der Waals surface area contributed by atoms with E-state index in [2.05, 4.69) is 19.9 Å². The fourth-order valence-corrected chi connectivity index (χ4v) is 4.24. The van der Waals surface area contributed by atoms with Crippen LogP contribution in [0.25, 0.3) is 0 Å². The zero-order chi connectivity index (χ0) is 15.6. The first-order valence-corrected chi connectivity index (χ1v) is 9.18. The van der Waals surface area contributed by atoms with Crippen molar-refractivity contribution in [1.29, 1.82) is 0 Å². The number of halogens is 2. The van der Waals surface area contributed by atoms with Gasteiger partial charge in [-0.3, -0.25) is 4.79 Å². The van der Waals surface area contributed by atoms with Gasteiger partial charge in [0.2, 0.25) is 0 Å². The average molecular weight is 404 g/mol. The van der Waals surface area contributed by atoms with Crippen molar-refractivity contribution in [3.05, 3.63) is 34.3 Å². The third-order valence-corrected chi connectivity index (χ3v) is 5.51. The van der Waals surface area contributed by atoms with Crippen LogP contribution in [0, 0.1) is 0 Å². The first-order valence-electron chi connectivity index (χ1n) is 8.30. The van der Waals surface area contributed by atoms with Gasteiger partial charge in [0.1, 0.15) is 16.5 Å². The summed E-state index contributed by atoms with van der Waals surface area (Å²) in [5.41, 5.74) is 0.588. The second-order valence-electron chi connectivity index (χ2n) is 6.12. The lowest BCUT2D eigenvalue weighted by Crippen LogP contribution is -2.38. The highest BCUT2D eigenvalue weighted by Crippen LogP contribution is 2.33. The van der Waals surface area contributed by atoms with Crippen LogP contribution in [0.4, 0.5) is 0 Å². The van der Waals surface area contributed by atoms with E-state index in [1.54, 1.807) is 11.3 Å². The third-order valence-electron chi connectivity index (χ3n) is 4.63. The Labute approximate surface area is 163 Å². The van der Waals surface area contributed by atoms with Crippen molar-refractivity contribution in [2.24, 2.45) is 0 Å². The fourth-order valence-electron chi connectivity index (χ4n) is 3.45. The highest BCUT2D eigenvalue weighted by atomic mass is 35.5. The first-order chi connectivity index (χ1) is 11.3. The number of carbonyl (C=O) groups is 1. The maximum Gasteiger partial charge on any atom is 0.274 e. The highest BCUT2D eigenvalue weighted by Gasteiger charge is 2.31. The molecule has 1 N–H and O–H groups in total. The Morgan fingerprint density at radius 3 is 2.92 bits per heavy atom. The van der Waals surface area contributed by atoms with Crippen LogP contribution in [0.15, 0.2) is 17.8 Å². The maximum atomic E-state index is 13.0. The predicted octanol–water partition coefficient (Wildman–Crippen LogP) is 2.70. The number of rotatable bonds is 2. The van der Waals surface area contributed by atoms with Crippen molar-refractivity contribution in [3.63, 3.8) is 0 Å². The number of aromatic nitrogens is 3. The van der Waals surface area contributed by atoms with Crippen LogP contribution in [-0.4, -0.2) is 45.0 Å². The van der Waals surface area contributed by atoms with E-state index in [4.69, 9.17) is 0 Å². The largest absolute Gasteiger partial charge is 0.333 e. The summed E-state index contributed by atoms with van der Waals surface area (Å²) in [6.45, 7) is 3.54. The number of hydrogen-bond donors (Lipinski definition) is 1. The van der Waals surface area contributed by atoms with Gasteiger partial charge < -0.3 is 14.8 Å². The van der Waals surface area contributed by atoms with Crippen LogP contribution < -0.4 is 5.32 Å². The van der Waals surface area contributed by atoms with Gasteiger partial charge in [-0.1, -0.05) is 0 Å². The van der Waals surface area contributed by atoms with Gasteiger partial charge in [-0.2, -0.15) is 0 Å². The van der Waals surface area contributed by atoms with E-state index < -0.39 is 0 Å². The fraction of sp³-hybridized carbons (Fsp3) is 0.562. The Morgan fingerprint density at radius 2 is 2.12 bits per heavy atom. The van der Waals surface area contributed by atoms with Gasteiger partial charge >= 0.3 is 0 Å². The summed E-state index contributed by atoms with van der Waals surface area (Å²) < 4.78 is 2.12. The van der Waals surface area contributed by atoms with Crippen molar-refractivity contribution in [2.75, 3.05) is 19.6 Å². The quantitative estimate of drug-likeness (QED) is 0.836. The number of carbonyl (C=O) groups excluding carboxylic acids is 1. The molecule has 1 unspecified atom stereocenters. The molecule has 4 heterocycles. The van der Waals surface area contributed by atoms with E-state index in [0.29, 0.717) is 5.69 Å². The lowest BCUT2D eigenvalue weighted by molar-refractivity contribution is 0.0605. The highest BCUT2D eigenvalue weighted by molar-refractivity contribution is 7.09. The van der Waals surface area contributed by atoms with Gasteiger partial charge in [0.25, 0.3) is 5.91 Å². The van der Waals surface area contributed by atoms with E-state index >= 15 is 0 Å². The zero-order valence-corrected chi connectivity index (χ0v) is 16.3. The molecule has 0 aliphatic carbocycles. The number of fused-ring (bicyclic) bond motifs is 1. The van der Waals surface area contributed by atoms with Crippen molar-refractivity contribution >= 4 is 42.1 Å². The van der Waals surface area contributed by atoms with Gasteiger partial charge in [-0.05, 0) is 19.3 Å². The number of piperidine rings is 1. The molecule has 2 aromatic heterocycles. The molecule has 25 heavy (non-hydrogen) atoms. The van der Waals surface area contributed by atoms with Crippen LogP contribution in [-0.2, 0) is 13.0 Å². The lowest BCUT2D eigenvalue weighted by atomic mass is 10.0. The molecule has 0 aromatic carbocycles. The minimum atomic E-state index is 0. The molecule has 1 saturated heterocycles. The van der Waals surface area contributed by atoms with E-state index in [1.807, 2.05) is 22.7 Å². The molecule has 1 amide bonds. The van der Waals surface area contributed by atoms with Crippen molar-refractivity contribution in [2.45, 2.75) is 38.3 Å². The Balaban J connectivity index is 0.00000113. The summed E-state index contributed by atoms with van der Waals surface area (Å²) >= 11 is 1.64. The Bertz CT molecular complexity index is 667. The van der Waals surface area contributed by atoms with Crippen molar-refractivity contribution < 1.29 is 4.79 Å². The SMILES string of the molecule is Cl.Cl.O=C(c1cn2c(n1)CCNCC2)N1CCCCC1c1nccs1. The number of nitrogens with one attached hydrogen (secondary N) is 1. The molecule has 1 fully saturated rings. The number of likely N-dealkylation sites (tertiary alicyclic amines) is 1. The summed E-state index contributed by atoms with van der Waals surface area (Å²) in [6, 6.07) is 0.111. The molecule has 0 saturated carbocycles. The van der Waals surface area contributed by atoms with Gasteiger partial charge in [0, 0.05) is 50.4 Å². The summed E-state index contributed by atoms with van der Waals surface area (Å²) in [6.07, 6.45) is 7.84. The topological polar surface area (TPSA) is 63.1 Å². The predicted molar refractivity (Wildman–Crippen MR) is 103 cm³/mol. The monoisotopic (exact) mass is 403 g/mol. The average Bonchev–Trinajstić information content (AvgIpc) is 3.20. The molecular formula is C16H23Cl2N5OS. The van der Waals surface area contributed by atoms with Gasteiger partial charge in [-0.15, -0.1) is 36.2 Å². The number of hydrogen-bond acceptors (Lipinski definition) is 5. The van der Waals surface area contributed by atoms with Crippen molar-refractivity contribution in [1.82, 2.24) is 24.8 Å². The normalized spacial score (nSPS) is 20.0. The zero-order valence-electron chi connectivity index (χ0n) is 13.9. The molecule has 9 heteroatoms. The summed E-state index contributed by atoms with van der Waals surface area (Å²) in [4.78, 5) is 24.0. The second kappa shape index (κ2) is 8.98. The number of imidazole rings is 1. The van der Waals surface area contributed by atoms with Gasteiger partial charge in [0.15, 0.2) is 0 Å². The van der Waals surface area contributed by atoms with Crippen molar-refractivity contribution in [3.8, 4) is 0 Å². The molecule has 4 rings (SSSR count). The second-order valence-corrected chi connectivity index (χ2v) is 7.04. The van der Waals surface area contributed by atoms with Crippen LogP contribution in [0.3, 0.4) is 0 Å². The minimum Gasteiger partial charge on any atom is -0.333 e. The standard InChI is InChI=1S/C16H21N5OS.2ClH/c22-16(12-11-20-9-6-17-5-4-14(20)19-12)21-8-2-1-3-13(21)15-18-7-10-23-15;;/h7,10-11,13,17H,1-6,8-9H2;2*1H. The minimum absolute atomic E-state index is 0. The van der Waals surface area contributed by atoms with Crippen LogP contribution in [0.5, 0.6) is 0 Å². The molecule has 138 valence electrons. The number of thiazole rings is 1. The molecule has 0 radical (unpaired) electrons. The van der Waals surface area contributed by atoms with Gasteiger partial charge in [-0.25, -0.2) is 9.97 Å². The Kier molecular flexibility index (Phi) is 7.25. The van der Waals surface area contributed by atoms with Crippen LogP contribution in [0.1, 0.15) is 46.6 Å². The smallest absolute Gasteiger partial charge is 0.274 e. The van der Waals surface area contributed by atoms with Gasteiger partial charge in [0.05, 0.1) is 6.04 Å². The van der Waals surface area contributed by atoms with E-state index in [-0.39, 0.29) is 36.8 Å². The molecular weight excluding hydrogens is 381 g/mol. The first kappa shape index (κ1) is 20.2. The third kappa shape index (κ3) is 4.16. The van der Waals surface area contributed by atoms with Crippen LogP contribution >= 0.6 is 36.2 Å². The lowest BCUT2D eigenvalue weighted by Gasteiger charge is -2.34. The molecule has 2 aliphatic heterocycles. The summed E-state index contributed by atoms with van der Waals surface area (Å²) in [7, 11) is 0. The molecule has 1 atom stereocenters. The maximum absolute atomic E-state index is 13.0. The summed E-state index contributed by atoms with van der Waals surface area (Å²) in [5.74, 6) is 1.07. The van der Waals surface area contributed by atoms with E-state index in [0.717, 1.165) is 62.7 Å². The number of amides is 1. The number of nitrogens with zero attached hydrogens (tertiary/aromatic N) is 4. The molecule has 0 bridgehead atoms. The Morgan fingerprint density at radius 1 is 1.24 bits per heavy atom. The van der Waals surface area contributed by atoms with Crippen LogP contribution in [0.2, 0.25) is 0 Å². The van der Waals surface area contributed by atoms with E-state index in [1.165, 1.54) is 0 Å². The van der Waals surface area contributed by atoms with E-state index in [9.17, 15) is 4.79 Å².